The summed E-state index contributed by atoms with van der Waals surface area (Å²) in [7, 11) is 0. The van der Waals surface area contributed by atoms with Crippen molar-refractivity contribution in [2.45, 2.75) is 50.6 Å². The zero-order chi connectivity index (χ0) is 18.0. The lowest BCUT2D eigenvalue weighted by atomic mass is 9.85. The van der Waals surface area contributed by atoms with Crippen LogP contribution in [-0.4, -0.2) is 39.8 Å². The van der Waals surface area contributed by atoms with Crippen molar-refractivity contribution in [3.63, 3.8) is 0 Å². The lowest BCUT2D eigenvalue weighted by Gasteiger charge is -2.38. The van der Waals surface area contributed by atoms with E-state index in [0.717, 1.165) is 18.5 Å². The van der Waals surface area contributed by atoms with E-state index in [1.807, 2.05) is 0 Å². The molecule has 0 spiro atoms. The van der Waals surface area contributed by atoms with E-state index in [4.69, 9.17) is 1.37 Å². The molecule has 24 heavy (non-hydrogen) atoms. The molecule has 130 valence electrons. The highest BCUT2D eigenvalue weighted by atomic mass is 16.4. The van der Waals surface area contributed by atoms with Crippen molar-refractivity contribution in [3.05, 3.63) is 29.8 Å². The van der Waals surface area contributed by atoms with E-state index in [0.29, 0.717) is 31.0 Å². The van der Waals surface area contributed by atoms with Crippen LogP contribution in [0.2, 0.25) is 0 Å². The summed E-state index contributed by atoms with van der Waals surface area (Å²) < 4.78 is 8.26. The molecule has 0 bridgehead atoms. The Balaban J connectivity index is 1.87. The van der Waals surface area contributed by atoms with Crippen molar-refractivity contribution in [2.24, 2.45) is 5.92 Å². The number of anilines is 1. The summed E-state index contributed by atoms with van der Waals surface area (Å²) in [6.07, 6.45) is 4.44. The molecule has 1 saturated carbocycles. The van der Waals surface area contributed by atoms with Gasteiger partial charge in [0.05, 0.1) is 13.3 Å². The maximum absolute atomic E-state index is 11.6. The first-order chi connectivity index (χ1) is 12.0. The third-order valence-electron chi connectivity index (χ3n) is 5.09. The molecule has 1 aliphatic heterocycles. The monoisotopic (exact) mass is 333 g/mol. The van der Waals surface area contributed by atoms with Gasteiger partial charge in [0.25, 0.3) is 0 Å². The van der Waals surface area contributed by atoms with Gasteiger partial charge in [0.15, 0.2) is 0 Å². The molecule has 3 rings (SSSR count). The second kappa shape index (κ2) is 7.11. The first-order valence-electron chi connectivity index (χ1n) is 9.07. The van der Waals surface area contributed by atoms with Crippen LogP contribution in [0.3, 0.4) is 0 Å². The van der Waals surface area contributed by atoms with Crippen LogP contribution in [-0.2, 0) is 4.79 Å². The van der Waals surface area contributed by atoms with Crippen LogP contribution < -0.4 is 5.32 Å². The molecule has 3 N–H and O–H groups in total. The third kappa shape index (κ3) is 3.47. The van der Waals surface area contributed by atoms with Crippen LogP contribution >= 0.6 is 0 Å². The smallest absolute Gasteiger partial charge is 0.407 e. The van der Waals surface area contributed by atoms with Crippen LogP contribution in [0.25, 0.3) is 0 Å². The maximum atomic E-state index is 11.6. The molecule has 1 heterocycles. The van der Waals surface area contributed by atoms with E-state index in [1.165, 1.54) is 17.7 Å². The fourth-order valence-corrected chi connectivity index (χ4v) is 3.88. The van der Waals surface area contributed by atoms with Gasteiger partial charge < -0.3 is 20.4 Å². The molecule has 2 fully saturated rings. The minimum absolute atomic E-state index is 0.282. The van der Waals surface area contributed by atoms with E-state index in [2.05, 4.69) is 5.32 Å². The standard InChI is InChI=1S/C18H24N2O4/c21-17(22)15-6-3-11-20(18(23)24)16(15)12-7-9-14(10-8-12)19-13-4-1-2-5-13/h7-10,13,15-16,19H,1-6,11H2,(H,21,22)(H,23,24)/t15-,16-/m0/s1/i9D. The van der Waals surface area contributed by atoms with Crippen LogP contribution in [0.1, 0.15) is 51.5 Å². The molecular formula is C18H24N2O4. The summed E-state index contributed by atoms with van der Waals surface area (Å²) >= 11 is 0. The van der Waals surface area contributed by atoms with Gasteiger partial charge in [-0.15, -0.1) is 0 Å². The van der Waals surface area contributed by atoms with E-state index >= 15 is 0 Å². The summed E-state index contributed by atoms with van der Waals surface area (Å²) in [5, 5.41) is 22.3. The molecular weight excluding hydrogens is 308 g/mol. The Morgan fingerprint density at radius 1 is 1.12 bits per heavy atom. The molecule has 1 amide bonds. The fraction of sp³-hybridized carbons (Fsp3) is 0.556. The Morgan fingerprint density at radius 2 is 1.88 bits per heavy atom. The number of carbonyl (C=O) groups is 2. The molecule has 6 heteroatoms. The predicted molar refractivity (Wildman–Crippen MR) is 90.2 cm³/mol. The number of nitrogens with zero attached hydrogens (tertiary/aromatic N) is 1. The SMILES string of the molecule is [2H]c1cc([C@H]2[C@@H](C(=O)O)CCCN2C(=O)O)ccc1NC1CCCC1. The molecule has 1 saturated heterocycles. The molecule has 1 aromatic carbocycles. The van der Waals surface area contributed by atoms with Crippen molar-refractivity contribution in [1.82, 2.24) is 4.90 Å². The first kappa shape index (κ1) is 15.3. The number of aliphatic carboxylic acids is 1. The lowest BCUT2D eigenvalue weighted by molar-refractivity contribution is -0.145. The van der Waals surface area contributed by atoms with Gasteiger partial charge in [-0.2, -0.15) is 0 Å². The summed E-state index contributed by atoms with van der Waals surface area (Å²) in [5.74, 6) is -1.77. The number of hydrogen-bond donors (Lipinski definition) is 3. The number of nitrogens with one attached hydrogen (secondary N) is 1. The average Bonchev–Trinajstić information content (AvgIpc) is 3.09. The van der Waals surface area contributed by atoms with Crippen LogP contribution in [0.5, 0.6) is 0 Å². The van der Waals surface area contributed by atoms with Gasteiger partial charge in [-0.05, 0) is 43.4 Å². The van der Waals surface area contributed by atoms with E-state index in [-0.39, 0.29) is 6.04 Å². The van der Waals surface area contributed by atoms with Crippen molar-refractivity contribution in [1.29, 1.82) is 0 Å². The van der Waals surface area contributed by atoms with Gasteiger partial charge in [0.2, 0.25) is 0 Å². The van der Waals surface area contributed by atoms with Gasteiger partial charge in [0.1, 0.15) is 0 Å². The number of benzene rings is 1. The van der Waals surface area contributed by atoms with Gasteiger partial charge in [0, 0.05) is 18.3 Å². The Bertz CT molecular complexity index is 638. The molecule has 1 aromatic rings. The number of likely N-dealkylation sites (tertiary alicyclic amines) is 1. The van der Waals surface area contributed by atoms with Gasteiger partial charge in [-0.1, -0.05) is 25.0 Å². The highest BCUT2D eigenvalue weighted by molar-refractivity contribution is 5.74. The van der Waals surface area contributed by atoms with Crippen molar-refractivity contribution in [2.75, 3.05) is 11.9 Å². The molecule has 0 radical (unpaired) electrons. The number of piperidine rings is 1. The molecule has 2 atom stereocenters. The predicted octanol–water partition coefficient (Wildman–Crippen LogP) is 3.56. The number of amides is 1. The second-order valence-electron chi connectivity index (χ2n) is 6.67. The normalized spacial score (nSPS) is 25.3. The van der Waals surface area contributed by atoms with Crippen molar-refractivity contribution < 1.29 is 21.2 Å². The van der Waals surface area contributed by atoms with Crippen LogP contribution in [0, 0.1) is 5.92 Å². The van der Waals surface area contributed by atoms with Crippen LogP contribution in [0.4, 0.5) is 10.5 Å². The minimum atomic E-state index is -1.12. The Hall–Kier alpha value is -2.24. The summed E-state index contributed by atoms with van der Waals surface area (Å²) in [5.41, 5.74) is 1.30. The fourth-order valence-electron chi connectivity index (χ4n) is 3.88. The largest absolute Gasteiger partial charge is 0.481 e. The highest BCUT2D eigenvalue weighted by Crippen LogP contribution is 2.37. The molecule has 2 aliphatic rings. The van der Waals surface area contributed by atoms with E-state index in [9.17, 15) is 19.8 Å². The number of carboxylic acid groups (broad SMARTS) is 2. The third-order valence-corrected chi connectivity index (χ3v) is 5.09. The Kier molecular flexibility index (Phi) is 4.53. The quantitative estimate of drug-likeness (QED) is 0.784. The highest BCUT2D eigenvalue weighted by Gasteiger charge is 2.39. The van der Waals surface area contributed by atoms with Crippen LogP contribution in [0.15, 0.2) is 24.2 Å². The molecule has 6 nitrogen and oxygen atoms in total. The van der Waals surface area contributed by atoms with E-state index in [1.54, 1.807) is 18.2 Å². The Labute approximate surface area is 142 Å². The first-order valence-corrected chi connectivity index (χ1v) is 8.57. The topological polar surface area (TPSA) is 89.9 Å². The number of rotatable bonds is 4. The van der Waals surface area contributed by atoms with E-state index < -0.39 is 24.0 Å². The molecule has 0 aromatic heterocycles. The number of carboxylic acids is 1. The summed E-state index contributed by atoms with van der Waals surface area (Å²) in [6, 6.07) is 5.07. The minimum Gasteiger partial charge on any atom is -0.481 e. The average molecular weight is 333 g/mol. The second-order valence-corrected chi connectivity index (χ2v) is 6.67. The number of hydrogen-bond acceptors (Lipinski definition) is 3. The zero-order valence-corrected chi connectivity index (χ0v) is 13.6. The molecule has 1 aliphatic carbocycles. The van der Waals surface area contributed by atoms with Crippen molar-refractivity contribution >= 4 is 17.7 Å². The Morgan fingerprint density at radius 3 is 2.50 bits per heavy atom. The molecule has 0 unspecified atom stereocenters. The lowest BCUT2D eigenvalue weighted by Crippen LogP contribution is -2.44. The van der Waals surface area contributed by atoms with Gasteiger partial charge in [-0.3, -0.25) is 4.79 Å². The maximum Gasteiger partial charge on any atom is 0.407 e. The van der Waals surface area contributed by atoms with Gasteiger partial charge in [-0.25, -0.2) is 4.79 Å². The van der Waals surface area contributed by atoms with Crippen molar-refractivity contribution in [3.8, 4) is 0 Å². The summed E-state index contributed by atoms with van der Waals surface area (Å²) in [4.78, 5) is 24.4. The zero-order valence-electron chi connectivity index (χ0n) is 14.6. The van der Waals surface area contributed by atoms with Gasteiger partial charge >= 0.3 is 12.1 Å². The summed E-state index contributed by atoms with van der Waals surface area (Å²) in [6.45, 7) is 0.319.